The zero-order chi connectivity index (χ0) is 17.4. The molecular weight excluding hydrogens is 358 g/mol. The van der Waals surface area contributed by atoms with Gasteiger partial charge in [0, 0.05) is 18.8 Å². The third-order valence-electron chi connectivity index (χ3n) is 4.38. The first kappa shape index (κ1) is 16.5. The Labute approximate surface area is 154 Å². The minimum atomic E-state index is -0.0593. The zero-order valence-electron chi connectivity index (χ0n) is 13.8. The summed E-state index contributed by atoms with van der Waals surface area (Å²) < 4.78 is 1.89. The summed E-state index contributed by atoms with van der Waals surface area (Å²) in [5.41, 5.74) is 1.63. The number of amides is 1. The first-order valence-electron chi connectivity index (χ1n) is 8.18. The number of carbonyl (C=O) groups is 1. The fraction of sp³-hybridized carbons (Fsp3) is 0.353. The summed E-state index contributed by atoms with van der Waals surface area (Å²) in [5.74, 6) is -0.0593. The molecule has 3 aromatic heterocycles. The van der Waals surface area contributed by atoms with Crippen molar-refractivity contribution < 1.29 is 4.79 Å². The molecule has 6 nitrogen and oxygen atoms in total. The van der Waals surface area contributed by atoms with Crippen LogP contribution in [0.1, 0.15) is 22.5 Å². The molecule has 130 valence electrons. The van der Waals surface area contributed by atoms with Crippen molar-refractivity contribution >= 4 is 34.5 Å². The van der Waals surface area contributed by atoms with E-state index in [-0.39, 0.29) is 11.9 Å². The second kappa shape index (κ2) is 6.74. The SMILES string of the molecule is CN1CCC[C@@H](NC(=O)c2cnc(-c3cnc4ccc(Cl)cn34)s2)C1. The van der Waals surface area contributed by atoms with Gasteiger partial charge in [0.05, 0.1) is 17.4 Å². The molecule has 8 heteroatoms. The Morgan fingerprint density at radius 3 is 3.08 bits per heavy atom. The second-order valence-electron chi connectivity index (χ2n) is 6.32. The summed E-state index contributed by atoms with van der Waals surface area (Å²) in [6.45, 7) is 1.98. The van der Waals surface area contributed by atoms with Crippen LogP contribution in [-0.4, -0.2) is 51.4 Å². The molecular formula is C17H18ClN5OS. The molecule has 1 aliphatic heterocycles. The average Bonchev–Trinajstić information content (AvgIpc) is 3.21. The maximum atomic E-state index is 12.5. The van der Waals surface area contributed by atoms with Crippen LogP contribution in [0.2, 0.25) is 5.02 Å². The number of thiazole rings is 1. The lowest BCUT2D eigenvalue weighted by Gasteiger charge is -2.29. The van der Waals surface area contributed by atoms with Crippen LogP contribution < -0.4 is 5.32 Å². The van der Waals surface area contributed by atoms with E-state index in [2.05, 4.69) is 27.2 Å². The van der Waals surface area contributed by atoms with Gasteiger partial charge in [-0.2, -0.15) is 0 Å². The molecule has 3 aromatic rings. The van der Waals surface area contributed by atoms with E-state index in [1.54, 1.807) is 24.7 Å². The zero-order valence-corrected chi connectivity index (χ0v) is 15.3. The highest BCUT2D eigenvalue weighted by Gasteiger charge is 2.21. The number of hydrogen-bond donors (Lipinski definition) is 1. The smallest absolute Gasteiger partial charge is 0.263 e. The molecule has 4 rings (SSSR count). The molecule has 0 saturated carbocycles. The molecule has 0 spiro atoms. The van der Waals surface area contributed by atoms with Crippen LogP contribution >= 0.6 is 22.9 Å². The van der Waals surface area contributed by atoms with E-state index in [4.69, 9.17) is 11.6 Å². The minimum absolute atomic E-state index is 0.0593. The van der Waals surface area contributed by atoms with E-state index in [0.717, 1.165) is 42.3 Å². The first-order chi connectivity index (χ1) is 12.1. The van der Waals surface area contributed by atoms with Crippen LogP contribution in [0.15, 0.2) is 30.7 Å². The van der Waals surface area contributed by atoms with Gasteiger partial charge in [-0.3, -0.25) is 9.20 Å². The summed E-state index contributed by atoms with van der Waals surface area (Å²) >= 11 is 7.45. The van der Waals surface area contributed by atoms with Crippen molar-refractivity contribution in [3.05, 3.63) is 40.6 Å². The van der Waals surface area contributed by atoms with Crippen LogP contribution in [0.5, 0.6) is 0 Å². The highest BCUT2D eigenvalue weighted by Crippen LogP contribution is 2.27. The number of nitrogens with one attached hydrogen (secondary N) is 1. The van der Waals surface area contributed by atoms with Crippen LogP contribution in [0, 0.1) is 0 Å². The van der Waals surface area contributed by atoms with Gasteiger partial charge in [-0.05, 0) is 38.6 Å². The van der Waals surface area contributed by atoms with Gasteiger partial charge < -0.3 is 10.2 Å². The molecule has 0 radical (unpaired) electrons. The number of imidazole rings is 1. The molecule has 1 N–H and O–H groups in total. The molecule has 25 heavy (non-hydrogen) atoms. The van der Waals surface area contributed by atoms with E-state index >= 15 is 0 Å². The fourth-order valence-electron chi connectivity index (χ4n) is 3.15. The molecule has 0 bridgehead atoms. The third kappa shape index (κ3) is 3.40. The topological polar surface area (TPSA) is 62.5 Å². The lowest BCUT2D eigenvalue weighted by atomic mass is 10.1. The fourth-order valence-corrected chi connectivity index (χ4v) is 4.14. The van der Waals surface area contributed by atoms with Gasteiger partial charge in [0.25, 0.3) is 5.91 Å². The second-order valence-corrected chi connectivity index (χ2v) is 7.79. The van der Waals surface area contributed by atoms with Gasteiger partial charge >= 0.3 is 0 Å². The molecule has 1 saturated heterocycles. The van der Waals surface area contributed by atoms with E-state index in [0.29, 0.717) is 9.90 Å². The molecule has 4 heterocycles. The third-order valence-corrected chi connectivity index (χ3v) is 5.62. The van der Waals surface area contributed by atoms with Crippen molar-refractivity contribution in [2.75, 3.05) is 20.1 Å². The Hall–Kier alpha value is -1.96. The molecule has 0 unspecified atom stereocenters. The summed E-state index contributed by atoms with van der Waals surface area (Å²) in [4.78, 5) is 24.1. The largest absolute Gasteiger partial charge is 0.347 e. The summed E-state index contributed by atoms with van der Waals surface area (Å²) in [7, 11) is 2.08. The maximum Gasteiger partial charge on any atom is 0.263 e. The van der Waals surface area contributed by atoms with Gasteiger partial charge in [0.15, 0.2) is 0 Å². The average molecular weight is 376 g/mol. The normalized spacial score (nSPS) is 18.6. The molecule has 0 aliphatic carbocycles. The van der Waals surface area contributed by atoms with Crippen molar-refractivity contribution in [1.82, 2.24) is 24.6 Å². The van der Waals surface area contributed by atoms with E-state index in [9.17, 15) is 4.79 Å². The number of piperidine rings is 1. The van der Waals surface area contributed by atoms with Gasteiger partial charge in [-0.25, -0.2) is 9.97 Å². The van der Waals surface area contributed by atoms with Gasteiger partial charge in [-0.1, -0.05) is 11.6 Å². The minimum Gasteiger partial charge on any atom is -0.347 e. The molecule has 1 aliphatic rings. The standard InChI is InChI=1S/C17H18ClN5OS/c1-22-6-2-3-12(10-22)21-16(24)14-8-20-17(25-14)13-7-19-15-5-4-11(18)9-23(13)15/h4-5,7-9,12H,2-3,6,10H2,1H3,(H,21,24)/t12-/m1/s1. The molecule has 1 atom stereocenters. The number of likely N-dealkylation sites (N-methyl/N-ethyl adjacent to an activating group) is 1. The summed E-state index contributed by atoms with van der Waals surface area (Å²) in [5, 5.41) is 4.49. The molecule has 0 aromatic carbocycles. The van der Waals surface area contributed by atoms with E-state index < -0.39 is 0 Å². The van der Waals surface area contributed by atoms with Crippen LogP contribution in [0.4, 0.5) is 0 Å². The maximum absolute atomic E-state index is 12.5. The van der Waals surface area contributed by atoms with Crippen molar-refractivity contribution in [3.63, 3.8) is 0 Å². The summed E-state index contributed by atoms with van der Waals surface area (Å²) in [6, 6.07) is 3.86. The highest BCUT2D eigenvalue weighted by molar-refractivity contribution is 7.16. The van der Waals surface area contributed by atoms with Crippen molar-refractivity contribution in [3.8, 4) is 10.7 Å². The number of aromatic nitrogens is 3. The number of nitrogens with zero attached hydrogens (tertiary/aromatic N) is 4. The number of hydrogen-bond acceptors (Lipinski definition) is 5. The quantitative estimate of drug-likeness (QED) is 0.764. The first-order valence-corrected chi connectivity index (χ1v) is 9.38. The Balaban J connectivity index is 1.55. The van der Waals surface area contributed by atoms with Crippen LogP contribution in [0.3, 0.4) is 0 Å². The van der Waals surface area contributed by atoms with Crippen molar-refractivity contribution in [1.29, 1.82) is 0 Å². The summed E-state index contributed by atoms with van der Waals surface area (Å²) in [6.07, 6.45) is 7.32. The van der Waals surface area contributed by atoms with Crippen molar-refractivity contribution in [2.45, 2.75) is 18.9 Å². The monoisotopic (exact) mass is 375 g/mol. The Morgan fingerprint density at radius 1 is 1.36 bits per heavy atom. The lowest BCUT2D eigenvalue weighted by molar-refractivity contribution is 0.0916. The Bertz CT molecular complexity index is 921. The number of pyridine rings is 1. The number of carbonyl (C=O) groups excluding carboxylic acids is 1. The molecule has 1 amide bonds. The predicted molar refractivity (Wildman–Crippen MR) is 99.3 cm³/mol. The number of rotatable bonds is 3. The van der Waals surface area contributed by atoms with Crippen LogP contribution in [-0.2, 0) is 0 Å². The van der Waals surface area contributed by atoms with E-state index in [1.165, 1.54) is 11.3 Å². The van der Waals surface area contributed by atoms with Crippen molar-refractivity contribution in [2.24, 2.45) is 0 Å². The van der Waals surface area contributed by atoms with Crippen LogP contribution in [0.25, 0.3) is 16.3 Å². The number of likely N-dealkylation sites (tertiary alicyclic amines) is 1. The Kier molecular flexibility index (Phi) is 4.45. The predicted octanol–water partition coefficient (Wildman–Crippen LogP) is 2.94. The van der Waals surface area contributed by atoms with Gasteiger partial charge in [-0.15, -0.1) is 11.3 Å². The van der Waals surface area contributed by atoms with Gasteiger partial charge in [0.1, 0.15) is 21.2 Å². The highest BCUT2D eigenvalue weighted by atomic mass is 35.5. The Morgan fingerprint density at radius 2 is 2.24 bits per heavy atom. The molecule has 1 fully saturated rings. The van der Waals surface area contributed by atoms with Gasteiger partial charge in [0.2, 0.25) is 0 Å². The number of fused-ring (bicyclic) bond motifs is 1. The lowest BCUT2D eigenvalue weighted by Crippen LogP contribution is -2.46. The number of halogens is 1. The van der Waals surface area contributed by atoms with E-state index in [1.807, 2.05) is 10.5 Å².